The van der Waals surface area contributed by atoms with E-state index in [1.165, 1.54) is 0 Å². The number of nitrogens with zero attached hydrogens (tertiary/aromatic N) is 1. The maximum absolute atomic E-state index is 13.1. The summed E-state index contributed by atoms with van der Waals surface area (Å²) in [5, 5.41) is 3.94. The third kappa shape index (κ3) is 5.20. The van der Waals surface area contributed by atoms with Crippen molar-refractivity contribution >= 4 is 16.9 Å². The lowest BCUT2D eigenvalue weighted by atomic mass is 10.1. The zero-order valence-corrected chi connectivity index (χ0v) is 17.5. The van der Waals surface area contributed by atoms with Crippen molar-refractivity contribution in [3.63, 3.8) is 0 Å². The predicted molar refractivity (Wildman–Crippen MR) is 124 cm³/mol. The Kier molecular flexibility index (Phi) is 6.13. The summed E-state index contributed by atoms with van der Waals surface area (Å²) < 4.78 is 0. The smallest absolute Gasteiger partial charge is 0.318 e. The average Bonchev–Trinajstić information content (AvgIpc) is 2.79. The van der Waals surface area contributed by atoms with Crippen molar-refractivity contribution < 1.29 is 4.79 Å². The first-order chi connectivity index (χ1) is 15.1. The van der Waals surface area contributed by atoms with Gasteiger partial charge in [0.05, 0.1) is 6.54 Å². The number of rotatable bonds is 6. The standard InChI is InChI=1S/C26H25N3O2/c1-19-12-13-24-22(14-19)15-23(25(30)28-24)18-29(17-21-10-6-3-7-11-21)26(31)27-16-20-8-4-2-5-9-20/h2-15H,16-18H2,1H3,(H,27,31)(H,28,30). The summed E-state index contributed by atoms with van der Waals surface area (Å²) in [4.78, 5) is 30.4. The Morgan fingerprint density at radius 2 is 1.55 bits per heavy atom. The minimum atomic E-state index is -0.212. The van der Waals surface area contributed by atoms with Gasteiger partial charge in [0.25, 0.3) is 5.56 Å². The zero-order valence-electron chi connectivity index (χ0n) is 17.5. The molecule has 0 radical (unpaired) electrons. The molecule has 1 heterocycles. The number of pyridine rings is 1. The van der Waals surface area contributed by atoms with Crippen LogP contribution in [-0.4, -0.2) is 15.9 Å². The molecule has 0 aliphatic heterocycles. The molecule has 4 aromatic rings. The second kappa shape index (κ2) is 9.30. The third-order valence-electron chi connectivity index (χ3n) is 5.23. The van der Waals surface area contributed by atoms with Gasteiger partial charge in [-0.15, -0.1) is 0 Å². The topological polar surface area (TPSA) is 65.2 Å². The summed E-state index contributed by atoms with van der Waals surface area (Å²) >= 11 is 0. The van der Waals surface area contributed by atoms with Gasteiger partial charge in [0.2, 0.25) is 0 Å². The van der Waals surface area contributed by atoms with Crippen LogP contribution in [0.25, 0.3) is 10.9 Å². The van der Waals surface area contributed by atoms with E-state index < -0.39 is 0 Å². The number of aryl methyl sites for hydroxylation is 1. The van der Waals surface area contributed by atoms with E-state index in [4.69, 9.17) is 0 Å². The fourth-order valence-corrected chi connectivity index (χ4v) is 3.58. The molecule has 0 atom stereocenters. The average molecular weight is 412 g/mol. The number of amides is 2. The molecule has 5 nitrogen and oxygen atoms in total. The number of carbonyl (C=O) groups is 1. The van der Waals surface area contributed by atoms with E-state index in [1.54, 1.807) is 4.90 Å². The van der Waals surface area contributed by atoms with Crippen LogP contribution >= 0.6 is 0 Å². The summed E-state index contributed by atoms with van der Waals surface area (Å²) in [6, 6.07) is 27.1. The second-order valence-corrected chi connectivity index (χ2v) is 7.70. The van der Waals surface area contributed by atoms with Crippen LogP contribution in [0, 0.1) is 6.92 Å². The molecule has 0 aliphatic carbocycles. The van der Waals surface area contributed by atoms with Crippen LogP contribution in [0.5, 0.6) is 0 Å². The predicted octanol–water partition coefficient (Wildman–Crippen LogP) is 4.75. The largest absolute Gasteiger partial charge is 0.334 e. The summed E-state index contributed by atoms with van der Waals surface area (Å²) in [7, 11) is 0. The number of H-pyrrole nitrogens is 1. The molecule has 0 unspecified atom stereocenters. The lowest BCUT2D eigenvalue weighted by molar-refractivity contribution is 0.191. The Bertz CT molecular complexity index is 1230. The number of urea groups is 1. The van der Waals surface area contributed by atoms with E-state index in [0.717, 1.165) is 27.6 Å². The SMILES string of the molecule is Cc1ccc2[nH]c(=O)c(CN(Cc3ccccc3)C(=O)NCc3ccccc3)cc2c1. The Balaban J connectivity index is 1.59. The molecule has 3 aromatic carbocycles. The summed E-state index contributed by atoms with van der Waals surface area (Å²) in [5.74, 6) is 0. The number of carbonyl (C=O) groups excluding carboxylic acids is 1. The molecule has 0 saturated carbocycles. The Hall–Kier alpha value is -3.86. The summed E-state index contributed by atoms with van der Waals surface area (Å²) in [6.45, 7) is 3.07. The normalized spacial score (nSPS) is 10.7. The van der Waals surface area contributed by atoms with Crippen LogP contribution in [-0.2, 0) is 19.6 Å². The maximum atomic E-state index is 13.1. The van der Waals surface area contributed by atoms with Crippen molar-refractivity contribution in [1.29, 1.82) is 0 Å². The van der Waals surface area contributed by atoms with Crippen LogP contribution < -0.4 is 10.9 Å². The van der Waals surface area contributed by atoms with Gasteiger partial charge in [-0.25, -0.2) is 4.79 Å². The Labute approximate surface area is 181 Å². The lowest BCUT2D eigenvalue weighted by Gasteiger charge is -2.23. The monoisotopic (exact) mass is 411 g/mol. The van der Waals surface area contributed by atoms with Crippen molar-refractivity contribution in [3.05, 3.63) is 118 Å². The van der Waals surface area contributed by atoms with E-state index in [-0.39, 0.29) is 18.1 Å². The van der Waals surface area contributed by atoms with Gasteiger partial charge in [0.15, 0.2) is 0 Å². The van der Waals surface area contributed by atoms with Crippen molar-refractivity contribution in [2.75, 3.05) is 0 Å². The number of fused-ring (bicyclic) bond motifs is 1. The summed E-state index contributed by atoms with van der Waals surface area (Å²) in [5.41, 5.74) is 4.32. The van der Waals surface area contributed by atoms with E-state index >= 15 is 0 Å². The van der Waals surface area contributed by atoms with Gasteiger partial charge in [-0.1, -0.05) is 72.3 Å². The summed E-state index contributed by atoms with van der Waals surface area (Å²) in [6.07, 6.45) is 0. The van der Waals surface area contributed by atoms with Crippen LogP contribution in [0.15, 0.2) is 89.7 Å². The number of hydrogen-bond donors (Lipinski definition) is 2. The van der Waals surface area contributed by atoms with E-state index in [1.807, 2.05) is 91.9 Å². The van der Waals surface area contributed by atoms with Crippen molar-refractivity contribution in [3.8, 4) is 0 Å². The second-order valence-electron chi connectivity index (χ2n) is 7.70. The van der Waals surface area contributed by atoms with Gasteiger partial charge in [0, 0.05) is 24.2 Å². The fraction of sp³-hybridized carbons (Fsp3) is 0.154. The number of aromatic amines is 1. The number of hydrogen-bond acceptors (Lipinski definition) is 2. The van der Waals surface area contributed by atoms with Gasteiger partial charge >= 0.3 is 6.03 Å². The number of nitrogens with one attached hydrogen (secondary N) is 2. The fourth-order valence-electron chi connectivity index (χ4n) is 3.58. The van der Waals surface area contributed by atoms with Crippen molar-refractivity contribution in [2.24, 2.45) is 0 Å². The van der Waals surface area contributed by atoms with Crippen LogP contribution in [0.2, 0.25) is 0 Å². The molecule has 0 spiro atoms. The van der Waals surface area contributed by atoms with E-state index in [9.17, 15) is 9.59 Å². The van der Waals surface area contributed by atoms with Gasteiger partial charge < -0.3 is 15.2 Å². The molecular formula is C26H25N3O2. The molecule has 0 aliphatic rings. The number of benzene rings is 3. The van der Waals surface area contributed by atoms with Crippen LogP contribution in [0.3, 0.4) is 0 Å². The molecule has 5 heteroatoms. The number of aromatic nitrogens is 1. The van der Waals surface area contributed by atoms with Gasteiger partial charge in [0.1, 0.15) is 0 Å². The highest BCUT2D eigenvalue weighted by molar-refractivity contribution is 5.80. The first-order valence-electron chi connectivity index (χ1n) is 10.3. The Morgan fingerprint density at radius 1 is 0.871 bits per heavy atom. The molecule has 2 N–H and O–H groups in total. The molecule has 156 valence electrons. The highest BCUT2D eigenvalue weighted by Gasteiger charge is 2.17. The van der Waals surface area contributed by atoms with E-state index in [2.05, 4.69) is 10.3 Å². The molecular weight excluding hydrogens is 386 g/mol. The minimum Gasteiger partial charge on any atom is -0.334 e. The zero-order chi connectivity index (χ0) is 21.6. The van der Waals surface area contributed by atoms with Crippen molar-refractivity contribution in [1.82, 2.24) is 15.2 Å². The molecule has 0 bridgehead atoms. The molecule has 31 heavy (non-hydrogen) atoms. The van der Waals surface area contributed by atoms with Crippen molar-refractivity contribution in [2.45, 2.75) is 26.6 Å². The quantitative estimate of drug-likeness (QED) is 0.481. The van der Waals surface area contributed by atoms with E-state index in [0.29, 0.717) is 18.7 Å². The highest BCUT2D eigenvalue weighted by atomic mass is 16.2. The van der Waals surface area contributed by atoms with Gasteiger partial charge in [-0.05, 0) is 41.6 Å². The molecule has 0 saturated heterocycles. The van der Waals surface area contributed by atoms with Gasteiger partial charge in [-0.2, -0.15) is 0 Å². The molecule has 1 aromatic heterocycles. The minimum absolute atomic E-state index is 0.176. The lowest BCUT2D eigenvalue weighted by Crippen LogP contribution is -2.39. The first kappa shape index (κ1) is 20.4. The van der Waals surface area contributed by atoms with Crippen LogP contribution in [0.1, 0.15) is 22.3 Å². The molecule has 2 amide bonds. The maximum Gasteiger partial charge on any atom is 0.318 e. The third-order valence-corrected chi connectivity index (χ3v) is 5.23. The van der Waals surface area contributed by atoms with Crippen LogP contribution in [0.4, 0.5) is 4.79 Å². The molecule has 0 fully saturated rings. The van der Waals surface area contributed by atoms with Gasteiger partial charge in [-0.3, -0.25) is 4.79 Å². The Morgan fingerprint density at radius 3 is 2.26 bits per heavy atom. The molecule has 4 rings (SSSR count). The highest BCUT2D eigenvalue weighted by Crippen LogP contribution is 2.15. The first-order valence-corrected chi connectivity index (χ1v) is 10.3.